The maximum absolute atomic E-state index is 12.6. The van der Waals surface area contributed by atoms with Crippen molar-refractivity contribution in [2.24, 2.45) is 0 Å². The van der Waals surface area contributed by atoms with E-state index in [4.69, 9.17) is 0 Å². The summed E-state index contributed by atoms with van der Waals surface area (Å²) in [6, 6.07) is 7.64. The van der Waals surface area contributed by atoms with Crippen LogP contribution in [-0.4, -0.2) is 58.9 Å². The van der Waals surface area contributed by atoms with E-state index in [-0.39, 0.29) is 5.91 Å². The zero-order valence-electron chi connectivity index (χ0n) is 13.8. The van der Waals surface area contributed by atoms with Crippen LogP contribution in [0.2, 0.25) is 0 Å². The van der Waals surface area contributed by atoms with Gasteiger partial charge in [0.2, 0.25) is 5.95 Å². The molecule has 1 aromatic heterocycles. The van der Waals surface area contributed by atoms with Crippen LogP contribution in [0.5, 0.6) is 0 Å². The number of nitrogens with zero attached hydrogens (tertiary/aromatic N) is 4. The monoisotopic (exact) mass is 389 g/mol. The fourth-order valence-electron chi connectivity index (χ4n) is 2.55. The summed E-state index contributed by atoms with van der Waals surface area (Å²) in [7, 11) is 2.06. The van der Waals surface area contributed by atoms with Crippen molar-refractivity contribution in [3.63, 3.8) is 0 Å². The summed E-state index contributed by atoms with van der Waals surface area (Å²) in [4.78, 5) is 25.3. The van der Waals surface area contributed by atoms with Gasteiger partial charge < -0.3 is 15.1 Å². The van der Waals surface area contributed by atoms with Crippen molar-refractivity contribution in [1.29, 1.82) is 0 Å². The average Bonchev–Trinajstić information content (AvgIpc) is 2.58. The Bertz CT molecular complexity index is 744. The highest BCUT2D eigenvalue weighted by Gasteiger charge is 2.21. The molecule has 1 fully saturated rings. The van der Waals surface area contributed by atoms with E-state index < -0.39 is 0 Å². The first-order valence-electron chi connectivity index (χ1n) is 7.87. The minimum atomic E-state index is -0.0449. The minimum absolute atomic E-state index is 0.0449. The lowest BCUT2D eigenvalue weighted by molar-refractivity contribution is 0.0658. The van der Waals surface area contributed by atoms with E-state index >= 15 is 0 Å². The molecule has 1 aliphatic rings. The molecule has 0 saturated carbocycles. The molecule has 1 amide bonds. The van der Waals surface area contributed by atoms with E-state index in [1.165, 1.54) is 0 Å². The normalized spacial score (nSPS) is 15.4. The quantitative estimate of drug-likeness (QED) is 0.873. The molecule has 0 radical (unpaired) electrons. The topological polar surface area (TPSA) is 61.4 Å². The number of hydrogen-bond acceptors (Lipinski definition) is 5. The lowest BCUT2D eigenvalue weighted by Gasteiger charge is -2.32. The van der Waals surface area contributed by atoms with Crippen LogP contribution in [0.15, 0.2) is 34.9 Å². The molecular weight excluding hydrogens is 370 g/mol. The molecule has 1 N–H and O–H groups in total. The van der Waals surface area contributed by atoms with Crippen molar-refractivity contribution >= 4 is 33.5 Å². The summed E-state index contributed by atoms with van der Waals surface area (Å²) in [6.07, 6.45) is 1.61. The number of likely N-dealkylation sites (N-methyl/N-ethyl adjacent to an activating group) is 1. The van der Waals surface area contributed by atoms with Gasteiger partial charge in [0, 0.05) is 36.8 Å². The van der Waals surface area contributed by atoms with Crippen molar-refractivity contribution in [3.05, 3.63) is 46.2 Å². The van der Waals surface area contributed by atoms with E-state index in [0.717, 1.165) is 41.9 Å². The summed E-state index contributed by atoms with van der Waals surface area (Å²) in [5, 5.41) is 3.16. The molecule has 3 rings (SSSR count). The SMILES string of the molecule is Cc1ccc(Nc2nccc(C(=O)N3CCN(C)CC3)n2)c(Br)c1. The van der Waals surface area contributed by atoms with Crippen LogP contribution in [0.4, 0.5) is 11.6 Å². The molecule has 2 heterocycles. The zero-order chi connectivity index (χ0) is 17.1. The summed E-state index contributed by atoms with van der Waals surface area (Å²) >= 11 is 3.52. The largest absolute Gasteiger partial charge is 0.335 e. The van der Waals surface area contributed by atoms with Gasteiger partial charge in [-0.15, -0.1) is 0 Å². The summed E-state index contributed by atoms with van der Waals surface area (Å²) < 4.78 is 0.932. The van der Waals surface area contributed by atoms with Gasteiger partial charge in [0.1, 0.15) is 5.69 Å². The van der Waals surface area contributed by atoms with Crippen LogP contribution in [0, 0.1) is 6.92 Å². The number of aromatic nitrogens is 2. The van der Waals surface area contributed by atoms with E-state index in [1.807, 2.05) is 30.0 Å². The molecule has 1 saturated heterocycles. The lowest BCUT2D eigenvalue weighted by atomic mass is 10.2. The first-order chi connectivity index (χ1) is 11.5. The Morgan fingerprint density at radius 1 is 1.21 bits per heavy atom. The highest BCUT2D eigenvalue weighted by atomic mass is 79.9. The molecule has 126 valence electrons. The number of halogens is 1. The van der Waals surface area contributed by atoms with E-state index in [0.29, 0.717) is 11.6 Å². The Kier molecular flexibility index (Phi) is 5.11. The van der Waals surface area contributed by atoms with Crippen LogP contribution in [0.3, 0.4) is 0 Å². The number of anilines is 2. The van der Waals surface area contributed by atoms with Crippen molar-refractivity contribution in [2.75, 3.05) is 38.5 Å². The van der Waals surface area contributed by atoms with Crippen molar-refractivity contribution in [2.45, 2.75) is 6.92 Å². The fourth-order valence-corrected chi connectivity index (χ4v) is 3.14. The average molecular weight is 390 g/mol. The first-order valence-corrected chi connectivity index (χ1v) is 8.66. The van der Waals surface area contributed by atoms with E-state index in [9.17, 15) is 4.79 Å². The van der Waals surface area contributed by atoms with Crippen LogP contribution in [0.25, 0.3) is 0 Å². The summed E-state index contributed by atoms with van der Waals surface area (Å²) in [5.74, 6) is 0.371. The van der Waals surface area contributed by atoms with Gasteiger partial charge in [0.05, 0.1) is 5.69 Å². The molecule has 7 heteroatoms. The molecule has 24 heavy (non-hydrogen) atoms. The van der Waals surface area contributed by atoms with Crippen molar-refractivity contribution < 1.29 is 4.79 Å². The van der Waals surface area contributed by atoms with Crippen molar-refractivity contribution in [1.82, 2.24) is 19.8 Å². The predicted octanol–water partition coefficient (Wildman–Crippen LogP) is 2.68. The lowest BCUT2D eigenvalue weighted by Crippen LogP contribution is -2.47. The molecule has 1 aliphatic heterocycles. The van der Waals surface area contributed by atoms with Gasteiger partial charge in [-0.1, -0.05) is 6.07 Å². The second-order valence-corrected chi connectivity index (χ2v) is 6.82. The van der Waals surface area contributed by atoms with Gasteiger partial charge in [-0.3, -0.25) is 4.79 Å². The second-order valence-electron chi connectivity index (χ2n) is 5.97. The Labute approximate surface area is 150 Å². The smallest absolute Gasteiger partial charge is 0.272 e. The van der Waals surface area contributed by atoms with Crippen LogP contribution < -0.4 is 5.32 Å². The standard InChI is InChI=1S/C17H20BrN5O/c1-12-3-4-14(13(18)11-12)20-17-19-6-5-15(21-17)16(24)23-9-7-22(2)8-10-23/h3-6,11H,7-10H2,1-2H3,(H,19,20,21). The molecule has 0 unspecified atom stereocenters. The molecule has 0 aliphatic carbocycles. The first kappa shape index (κ1) is 16.9. The molecule has 0 bridgehead atoms. The summed E-state index contributed by atoms with van der Waals surface area (Å²) in [5.41, 5.74) is 2.44. The molecule has 0 atom stereocenters. The molecule has 0 spiro atoms. The minimum Gasteiger partial charge on any atom is -0.335 e. The summed E-state index contributed by atoms with van der Waals surface area (Å²) in [6.45, 7) is 5.26. The predicted molar refractivity (Wildman–Crippen MR) is 97.6 cm³/mol. The van der Waals surface area contributed by atoms with Gasteiger partial charge in [0.25, 0.3) is 5.91 Å². The molecule has 1 aromatic carbocycles. The number of nitrogens with one attached hydrogen (secondary N) is 1. The van der Waals surface area contributed by atoms with Gasteiger partial charge in [0.15, 0.2) is 0 Å². The second kappa shape index (κ2) is 7.27. The highest BCUT2D eigenvalue weighted by molar-refractivity contribution is 9.10. The maximum Gasteiger partial charge on any atom is 0.272 e. The third kappa shape index (κ3) is 3.91. The van der Waals surface area contributed by atoms with Gasteiger partial charge in [-0.25, -0.2) is 9.97 Å². The third-order valence-corrected chi connectivity index (χ3v) is 4.69. The number of benzene rings is 1. The maximum atomic E-state index is 12.6. The number of piperazine rings is 1. The van der Waals surface area contributed by atoms with Gasteiger partial charge in [-0.2, -0.15) is 0 Å². The Morgan fingerprint density at radius 2 is 1.96 bits per heavy atom. The number of rotatable bonds is 3. The zero-order valence-corrected chi connectivity index (χ0v) is 15.4. The fraction of sp³-hybridized carbons (Fsp3) is 0.353. The van der Waals surface area contributed by atoms with Crippen molar-refractivity contribution in [3.8, 4) is 0 Å². The van der Waals surface area contributed by atoms with Gasteiger partial charge in [-0.05, 0) is 53.7 Å². The molecule has 2 aromatic rings. The number of carbonyl (C=O) groups is 1. The highest BCUT2D eigenvalue weighted by Crippen LogP contribution is 2.25. The van der Waals surface area contributed by atoms with E-state index in [2.05, 4.69) is 43.2 Å². The van der Waals surface area contributed by atoms with Crippen LogP contribution >= 0.6 is 15.9 Å². The third-order valence-electron chi connectivity index (χ3n) is 4.04. The Hall–Kier alpha value is -1.99. The molecular formula is C17H20BrN5O. The van der Waals surface area contributed by atoms with Crippen LogP contribution in [0.1, 0.15) is 16.1 Å². The van der Waals surface area contributed by atoms with Gasteiger partial charge >= 0.3 is 0 Å². The number of aryl methyl sites for hydroxylation is 1. The van der Waals surface area contributed by atoms with Crippen LogP contribution in [-0.2, 0) is 0 Å². The number of amides is 1. The Morgan fingerprint density at radius 3 is 2.67 bits per heavy atom. The molecule has 6 nitrogen and oxygen atoms in total. The number of carbonyl (C=O) groups excluding carboxylic acids is 1. The van der Waals surface area contributed by atoms with E-state index in [1.54, 1.807) is 12.3 Å². The Balaban J connectivity index is 1.75. The number of hydrogen-bond donors (Lipinski definition) is 1.